The molecule has 0 heterocycles. The van der Waals surface area contributed by atoms with E-state index in [0.717, 1.165) is 5.56 Å². The van der Waals surface area contributed by atoms with Gasteiger partial charge in [0, 0.05) is 17.5 Å². The first kappa shape index (κ1) is 12.0. The Morgan fingerprint density at radius 1 is 0.619 bits per heavy atom. The molecule has 2 heteroatoms. The lowest BCUT2D eigenvalue weighted by molar-refractivity contribution is 0.445. The molecule has 2 nitrogen and oxygen atoms in total. The minimum Gasteiger partial charge on any atom is -0.508 e. The first-order chi connectivity index (χ1) is 10.3. The van der Waals surface area contributed by atoms with Crippen molar-refractivity contribution in [3.8, 4) is 22.6 Å². The predicted molar refractivity (Wildman–Crippen MR) is 82.6 cm³/mol. The Balaban J connectivity index is 2.01. The Bertz CT molecular complexity index is 791. The van der Waals surface area contributed by atoms with E-state index in [1.165, 1.54) is 28.3 Å². The number of rotatable bonds is 1. The number of hydrogen-bond donors (Lipinski definition) is 2. The molecule has 0 saturated carbocycles. The summed E-state index contributed by atoms with van der Waals surface area (Å²) in [7, 11) is 0. The van der Waals surface area contributed by atoms with Crippen molar-refractivity contribution < 1.29 is 10.2 Å². The van der Waals surface area contributed by atoms with Crippen LogP contribution < -0.4 is 0 Å². The van der Waals surface area contributed by atoms with Crippen molar-refractivity contribution in [2.75, 3.05) is 0 Å². The van der Waals surface area contributed by atoms with Gasteiger partial charge in [0.2, 0.25) is 0 Å². The van der Waals surface area contributed by atoms with Crippen LogP contribution in [0.1, 0.15) is 22.6 Å². The Kier molecular flexibility index (Phi) is 2.51. The molecule has 0 unspecified atom stereocenters. The average molecular weight is 274 g/mol. The summed E-state index contributed by atoms with van der Waals surface area (Å²) < 4.78 is 0. The molecule has 4 rings (SSSR count). The number of fused-ring (bicyclic) bond motifs is 3. The molecule has 0 saturated heterocycles. The summed E-state index contributed by atoms with van der Waals surface area (Å²) in [5, 5.41) is 19.8. The standard InChI is InChI=1S/C19H14O2/c20-12-9-10-17(18(21)11-12)19-15-7-3-1-5-13(15)14-6-2-4-8-16(14)19/h1-11,19-21H. The van der Waals surface area contributed by atoms with Crippen molar-refractivity contribution in [2.45, 2.75) is 5.92 Å². The number of benzene rings is 3. The van der Waals surface area contributed by atoms with Crippen LogP contribution in [0.4, 0.5) is 0 Å². The van der Waals surface area contributed by atoms with E-state index in [1.54, 1.807) is 12.1 Å². The summed E-state index contributed by atoms with van der Waals surface area (Å²) in [6, 6.07) is 21.4. The van der Waals surface area contributed by atoms with E-state index in [4.69, 9.17) is 0 Å². The first-order valence-corrected chi connectivity index (χ1v) is 6.96. The Labute approximate surface area is 122 Å². The van der Waals surface area contributed by atoms with Gasteiger partial charge in [0.25, 0.3) is 0 Å². The topological polar surface area (TPSA) is 40.5 Å². The van der Waals surface area contributed by atoms with Gasteiger partial charge in [-0.15, -0.1) is 0 Å². The molecule has 0 radical (unpaired) electrons. The molecule has 2 N–H and O–H groups in total. The molecule has 0 bridgehead atoms. The van der Waals surface area contributed by atoms with Crippen LogP contribution in [0.5, 0.6) is 11.5 Å². The molecule has 1 aliphatic carbocycles. The maximum absolute atomic E-state index is 10.2. The highest BCUT2D eigenvalue weighted by Crippen LogP contribution is 2.49. The van der Waals surface area contributed by atoms with Gasteiger partial charge >= 0.3 is 0 Å². The van der Waals surface area contributed by atoms with Gasteiger partial charge in [-0.05, 0) is 28.3 Å². The second-order valence-corrected chi connectivity index (χ2v) is 5.35. The molecule has 0 aliphatic heterocycles. The van der Waals surface area contributed by atoms with Crippen molar-refractivity contribution in [3.63, 3.8) is 0 Å². The van der Waals surface area contributed by atoms with Gasteiger partial charge in [-0.3, -0.25) is 0 Å². The van der Waals surface area contributed by atoms with Gasteiger partial charge in [-0.25, -0.2) is 0 Å². The second-order valence-electron chi connectivity index (χ2n) is 5.35. The fourth-order valence-corrected chi connectivity index (χ4v) is 3.27. The molecular formula is C19H14O2. The van der Waals surface area contributed by atoms with E-state index in [-0.39, 0.29) is 17.4 Å². The van der Waals surface area contributed by atoms with Gasteiger partial charge in [0.15, 0.2) is 0 Å². The third-order valence-corrected chi connectivity index (χ3v) is 4.16. The molecule has 3 aromatic carbocycles. The smallest absolute Gasteiger partial charge is 0.123 e. The molecule has 1 aliphatic rings. The monoisotopic (exact) mass is 274 g/mol. The molecule has 0 aromatic heterocycles. The third kappa shape index (κ3) is 1.73. The number of hydrogen-bond acceptors (Lipinski definition) is 2. The summed E-state index contributed by atoms with van der Waals surface area (Å²) in [5.74, 6) is 0.223. The summed E-state index contributed by atoms with van der Waals surface area (Å²) in [5.41, 5.74) is 5.64. The summed E-state index contributed by atoms with van der Waals surface area (Å²) in [6.45, 7) is 0. The Morgan fingerprint density at radius 2 is 1.19 bits per heavy atom. The van der Waals surface area contributed by atoms with Crippen LogP contribution in [0.25, 0.3) is 11.1 Å². The van der Waals surface area contributed by atoms with E-state index < -0.39 is 0 Å². The van der Waals surface area contributed by atoms with Crippen molar-refractivity contribution in [3.05, 3.63) is 83.4 Å². The molecule has 0 atom stereocenters. The van der Waals surface area contributed by atoms with Crippen LogP contribution in [0.3, 0.4) is 0 Å². The SMILES string of the molecule is Oc1ccc(C2c3ccccc3-c3ccccc32)c(O)c1. The largest absolute Gasteiger partial charge is 0.508 e. The van der Waals surface area contributed by atoms with E-state index in [1.807, 2.05) is 24.3 Å². The molecule has 0 amide bonds. The predicted octanol–water partition coefficient (Wildman–Crippen LogP) is 4.26. The van der Waals surface area contributed by atoms with Crippen molar-refractivity contribution in [2.24, 2.45) is 0 Å². The summed E-state index contributed by atoms with van der Waals surface area (Å²) in [4.78, 5) is 0. The van der Waals surface area contributed by atoms with Crippen molar-refractivity contribution >= 4 is 0 Å². The van der Waals surface area contributed by atoms with Crippen molar-refractivity contribution in [1.29, 1.82) is 0 Å². The van der Waals surface area contributed by atoms with Crippen LogP contribution >= 0.6 is 0 Å². The third-order valence-electron chi connectivity index (χ3n) is 4.16. The first-order valence-electron chi connectivity index (χ1n) is 6.96. The second kappa shape index (κ2) is 4.38. The van der Waals surface area contributed by atoms with Gasteiger partial charge in [-0.1, -0.05) is 54.6 Å². The lowest BCUT2D eigenvalue weighted by Crippen LogP contribution is -1.99. The van der Waals surface area contributed by atoms with Crippen LogP contribution in [-0.4, -0.2) is 10.2 Å². The summed E-state index contributed by atoms with van der Waals surface area (Å²) >= 11 is 0. The number of phenolic OH excluding ortho intramolecular Hbond substituents is 2. The van der Waals surface area contributed by atoms with Crippen LogP contribution in [-0.2, 0) is 0 Å². The van der Waals surface area contributed by atoms with Crippen LogP contribution in [0, 0.1) is 0 Å². The average Bonchev–Trinajstić information content (AvgIpc) is 2.82. The molecule has 21 heavy (non-hydrogen) atoms. The molecule has 102 valence electrons. The number of phenols is 2. The highest BCUT2D eigenvalue weighted by molar-refractivity contribution is 5.81. The molecule has 3 aromatic rings. The fraction of sp³-hybridized carbons (Fsp3) is 0.0526. The van der Waals surface area contributed by atoms with Gasteiger partial charge < -0.3 is 10.2 Å². The van der Waals surface area contributed by atoms with Gasteiger partial charge in [-0.2, -0.15) is 0 Å². The Morgan fingerprint density at radius 3 is 1.76 bits per heavy atom. The molecular weight excluding hydrogens is 260 g/mol. The highest BCUT2D eigenvalue weighted by atomic mass is 16.3. The fourth-order valence-electron chi connectivity index (χ4n) is 3.27. The van der Waals surface area contributed by atoms with E-state index in [9.17, 15) is 10.2 Å². The summed E-state index contributed by atoms with van der Waals surface area (Å²) in [6.07, 6.45) is 0. The zero-order valence-electron chi connectivity index (χ0n) is 11.3. The minimum absolute atomic E-state index is 0.0120. The van der Waals surface area contributed by atoms with E-state index in [0.29, 0.717) is 0 Å². The maximum Gasteiger partial charge on any atom is 0.123 e. The highest BCUT2D eigenvalue weighted by Gasteiger charge is 2.30. The molecule has 0 fully saturated rings. The normalized spacial score (nSPS) is 13.0. The number of aromatic hydroxyl groups is 2. The van der Waals surface area contributed by atoms with Gasteiger partial charge in [0.1, 0.15) is 11.5 Å². The van der Waals surface area contributed by atoms with E-state index >= 15 is 0 Å². The zero-order valence-corrected chi connectivity index (χ0v) is 11.3. The van der Waals surface area contributed by atoms with Gasteiger partial charge in [0.05, 0.1) is 0 Å². The lowest BCUT2D eigenvalue weighted by atomic mass is 9.89. The van der Waals surface area contributed by atoms with Crippen molar-refractivity contribution in [1.82, 2.24) is 0 Å². The van der Waals surface area contributed by atoms with Crippen LogP contribution in [0.15, 0.2) is 66.7 Å². The lowest BCUT2D eigenvalue weighted by Gasteiger charge is -2.16. The Hall–Kier alpha value is -2.74. The van der Waals surface area contributed by atoms with Crippen LogP contribution in [0.2, 0.25) is 0 Å². The maximum atomic E-state index is 10.2. The zero-order chi connectivity index (χ0) is 14.4. The molecule has 0 spiro atoms. The minimum atomic E-state index is 0.0120. The quantitative estimate of drug-likeness (QED) is 0.544. The van der Waals surface area contributed by atoms with E-state index in [2.05, 4.69) is 24.3 Å².